The van der Waals surface area contributed by atoms with Crippen molar-refractivity contribution in [3.8, 4) is 0 Å². The molecule has 0 bridgehead atoms. The van der Waals surface area contributed by atoms with Crippen molar-refractivity contribution in [1.29, 1.82) is 0 Å². The SMILES string of the molecule is C=C(C)C(=O)OCC(COC(=O)OCc1ccccc1)OC(=O)OCc1ccccc1. The van der Waals surface area contributed by atoms with Crippen LogP contribution in [0.1, 0.15) is 18.1 Å². The topological polar surface area (TPSA) is 97.4 Å². The first-order valence-electron chi connectivity index (χ1n) is 9.47. The highest BCUT2D eigenvalue weighted by Crippen LogP contribution is 2.07. The molecule has 1 atom stereocenters. The van der Waals surface area contributed by atoms with Crippen molar-refractivity contribution in [1.82, 2.24) is 0 Å². The van der Waals surface area contributed by atoms with Gasteiger partial charge in [-0.15, -0.1) is 0 Å². The van der Waals surface area contributed by atoms with Crippen LogP contribution in [0.5, 0.6) is 0 Å². The number of carbonyl (C=O) groups excluding carboxylic acids is 3. The Labute approximate surface area is 180 Å². The number of carbonyl (C=O) groups is 3. The summed E-state index contributed by atoms with van der Waals surface area (Å²) < 4.78 is 25.1. The molecule has 0 spiro atoms. The zero-order valence-electron chi connectivity index (χ0n) is 17.2. The fourth-order valence-corrected chi connectivity index (χ4v) is 2.21. The van der Waals surface area contributed by atoms with Crippen molar-refractivity contribution in [3.05, 3.63) is 83.9 Å². The zero-order chi connectivity index (χ0) is 22.5. The Hall–Kier alpha value is -3.81. The molecule has 0 saturated heterocycles. The number of esters is 1. The van der Waals surface area contributed by atoms with E-state index in [4.69, 9.17) is 23.7 Å². The van der Waals surface area contributed by atoms with Gasteiger partial charge in [0.25, 0.3) is 0 Å². The van der Waals surface area contributed by atoms with Crippen LogP contribution in [0.2, 0.25) is 0 Å². The van der Waals surface area contributed by atoms with E-state index in [9.17, 15) is 14.4 Å². The van der Waals surface area contributed by atoms with Crippen LogP contribution in [0.15, 0.2) is 72.8 Å². The number of hydrogen-bond acceptors (Lipinski definition) is 8. The molecule has 0 saturated carbocycles. The maximum atomic E-state index is 12.0. The highest BCUT2D eigenvalue weighted by atomic mass is 16.8. The molecular formula is C23H24O8. The Kier molecular flexibility index (Phi) is 9.61. The van der Waals surface area contributed by atoms with Gasteiger partial charge in [-0.1, -0.05) is 67.2 Å². The summed E-state index contributed by atoms with van der Waals surface area (Å²) in [5.74, 6) is -0.669. The minimum atomic E-state index is -1.09. The molecule has 2 rings (SSSR count). The number of ether oxygens (including phenoxy) is 5. The van der Waals surface area contributed by atoms with E-state index in [0.29, 0.717) is 0 Å². The van der Waals surface area contributed by atoms with E-state index < -0.39 is 31.0 Å². The summed E-state index contributed by atoms with van der Waals surface area (Å²) in [5, 5.41) is 0. The summed E-state index contributed by atoms with van der Waals surface area (Å²) in [6, 6.07) is 18.1. The van der Waals surface area contributed by atoms with E-state index >= 15 is 0 Å². The Bertz CT molecular complexity index is 864. The third kappa shape index (κ3) is 9.49. The van der Waals surface area contributed by atoms with Crippen LogP contribution in [0.4, 0.5) is 9.59 Å². The van der Waals surface area contributed by atoms with Crippen LogP contribution in [0, 0.1) is 0 Å². The van der Waals surface area contributed by atoms with Gasteiger partial charge in [0, 0.05) is 5.57 Å². The molecular weight excluding hydrogens is 404 g/mol. The lowest BCUT2D eigenvalue weighted by Gasteiger charge is -2.17. The molecule has 0 fully saturated rings. The zero-order valence-corrected chi connectivity index (χ0v) is 17.2. The van der Waals surface area contributed by atoms with E-state index in [2.05, 4.69) is 6.58 Å². The summed E-state index contributed by atoms with van der Waals surface area (Å²) >= 11 is 0. The van der Waals surface area contributed by atoms with Gasteiger partial charge >= 0.3 is 18.3 Å². The van der Waals surface area contributed by atoms with Crippen LogP contribution in [-0.2, 0) is 41.7 Å². The van der Waals surface area contributed by atoms with Gasteiger partial charge in [0.15, 0.2) is 6.10 Å². The van der Waals surface area contributed by atoms with E-state index in [1.807, 2.05) is 24.3 Å². The first-order chi connectivity index (χ1) is 14.9. The van der Waals surface area contributed by atoms with Crippen molar-refractivity contribution in [2.45, 2.75) is 26.2 Å². The normalized spacial score (nSPS) is 11.0. The van der Waals surface area contributed by atoms with Gasteiger partial charge in [-0.2, -0.15) is 0 Å². The first-order valence-corrected chi connectivity index (χ1v) is 9.47. The molecule has 0 aliphatic carbocycles. The van der Waals surface area contributed by atoms with Crippen LogP contribution >= 0.6 is 0 Å². The fraction of sp³-hybridized carbons (Fsp3) is 0.261. The van der Waals surface area contributed by atoms with Gasteiger partial charge in [0.2, 0.25) is 0 Å². The third-order valence-electron chi connectivity index (χ3n) is 3.80. The van der Waals surface area contributed by atoms with Crippen molar-refractivity contribution >= 4 is 18.3 Å². The second-order valence-electron chi connectivity index (χ2n) is 6.48. The highest BCUT2D eigenvalue weighted by molar-refractivity contribution is 5.86. The molecule has 0 N–H and O–H groups in total. The minimum Gasteiger partial charge on any atom is -0.458 e. The van der Waals surface area contributed by atoms with E-state index in [1.165, 1.54) is 6.92 Å². The minimum absolute atomic E-state index is 0.00206. The smallest absolute Gasteiger partial charge is 0.458 e. The van der Waals surface area contributed by atoms with Gasteiger partial charge in [-0.3, -0.25) is 0 Å². The van der Waals surface area contributed by atoms with Gasteiger partial charge in [0.05, 0.1) is 0 Å². The largest absolute Gasteiger partial charge is 0.509 e. The lowest BCUT2D eigenvalue weighted by molar-refractivity contribution is -0.143. The lowest BCUT2D eigenvalue weighted by Crippen LogP contribution is -2.31. The molecule has 0 aliphatic rings. The van der Waals surface area contributed by atoms with Gasteiger partial charge in [-0.05, 0) is 18.1 Å². The number of rotatable bonds is 10. The number of benzene rings is 2. The van der Waals surface area contributed by atoms with Crippen LogP contribution < -0.4 is 0 Å². The summed E-state index contributed by atoms with van der Waals surface area (Å²) in [4.78, 5) is 35.4. The maximum Gasteiger partial charge on any atom is 0.509 e. The molecule has 1 unspecified atom stereocenters. The molecule has 0 heterocycles. The average Bonchev–Trinajstić information content (AvgIpc) is 2.79. The van der Waals surface area contributed by atoms with Crippen LogP contribution in [0.3, 0.4) is 0 Å². The average molecular weight is 428 g/mol. The van der Waals surface area contributed by atoms with Gasteiger partial charge in [-0.25, -0.2) is 14.4 Å². The Morgan fingerprint density at radius 2 is 1.23 bits per heavy atom. The summed E-state index contributed by atoms with van der Waals surface area (Å²) in [6.07, 6.45) is -3.04. The number of hydrogen-bond donors (Lipinski definition) is 0. The molecule has 31 heavy (non-hydrogen) atoms. The molecule has 8 heteroatoms. The first kappa shape index (κ1) is 23.5. The van der Waals surface area contributed by atoms with Crippen molar-refractivity contribution < 1.29 is 38.1 Å². The van der Waals surface area contributed by atoms with Crippen molar-refractivity contribution in [3.63, 3.8) is 0 Å². The molecule has 0 aliphatic heterocycles. The molecule has 2 aromatic rings. The van der Waals surface area contributed by atoms with Crippen LogP contribution in [-0.4, -0.2) is 37.6 Å². The second kappa shape index (κ2) is 12.7. The standard InChI is InChI=1S/C23H24O8/c1-17(2)21(24)27-15-20(31-23(26)29-14-19-11-7-4-8-12-19)16-30-22(25)28-13-18-9-5-3-6-10-18/h3-12,20H,1,13-16H2,2H3. The van der Waals surface area contributed by atoms with E-state index in [1.54, 1.807) is 36.4 Å². The predicted molar refractivity (Wildman–Crippen MR) is 110 cm³/mol. The second-order valence-corrected chi connectivity index (χ2v) is 6.48. The molecule has 2 aromatic carbocycles. The molecule has 0 aromatic heterocycles. The molecule has 0 amide bonds. The molecule has 8 nitrogen and oxygen atoms in total. The third-order valence-corrected chi connectivity index (χ3v) is 3.80. The van der Waals surface area contributed by atoms with Crippen molar-refractivity contribution in [2.75, 3.05) is 13.2 Å². The molecule has 0 radical (unpaired) electrons. The van der Waals surface area contributed by atoms with Crippen molar-refractivity contribution in [2.24, 2.45) is 0 Å². The molecule has 164 valence electrons. The predicted octanol–water partition coefficient (Wildman–Crippen LogP) is 4.18. The monoisotopic (exact) mass is 428 g/mol. The Morgan fingerprint density at radius 3 is 1.74 bits per heavy atom. The fourth-order valence-electron chi connectivity index (χ4n) is 2.21. The van der Waals surface area contributed by atoms with E-state index in [0.717, 1.165) is 11.1 Å². The van der Waals surface area contributed by atoms with Gasteiger partial charge < -0.3 is 23.7 Å². The van der Waals surface area contributed by atoms with Gasteiger partial charge in [0.1, 0.15) is 26.4 Å². The quantitative estimate of drug-likeness (QED) is 0.316. The summed E-state index contributed by atoms with van der Waals surface area (Å²) in [6.45, 7) is 4.23. The summed E-state index contributed by atoms with van der Waals surface area (Å²) in [5.41, 5.74) is 1.73. The maximum absolute atomic E-state index is 12.0. The Morgan fingerprint density at radius 1 is 0.742 bits per heavy atom. The Balaban J connectivity index is 1.82. The summed E-state index contributed by atoms with van der Waals surface area (Å²) in [7, 11) is 0. The highest BCUT2D eigenvalue weighted by Gasteiger charge is 2.21. The lowest BCUT2D eigenvalue weighted by atomic mass is 10.2. The van der Waals surface area contributed by atoms with Crippen LogP contribution in [0.25, 0.3) is 0 Å². The van der Waals surface area contributed by atoms with E-state index in [-0.39, 0.29) is 25.4 Å².